The zero-order valence-electron chi connectivity index (χ0n) is 15.3. The van der Waals surface area contributed by atoms with Gasteiger partial charge in [0.1, 0.15) is 0 Å². The van der Waals surface area contributed by atoms with E-state index in [1.807, 2.05) is 0 Å². The maximum Gasteiger partial charge on any atom is 0.206 e. The lowest BCUT2D eigenvalue weighted by atomic mass is 10.2. The minimum absolute atomic E-state index is 0.0859. The van der Waals surface area contributed by atoms with Gasteiger partial charge >= 0.3 is 0 Å². The molecule has 0 amide bonds. The van der Waals surface area contributed by atoms with Crippen LogP contribution >= 0.6 is 15.9 Å². The SMILES string of the molecule is Cc1cccc(S(=O)(=O)C(C=Nc2ccc(Br)cn2)S(=O)(=O)c2ccccc2)c1. The van der Waals surface area contributed by atoms with Gasteiger partial charge in [-0.05, 0) is 64.8 Å². The third kappa shape index (κ3) is 4.80. The summed E-state index contributed by atoms with van der Waals surface area (Å²) in [4.78, 5) is 7.89. The van der Waals surface area contributed by atoms with Crippen LogP contribution in [-0.4, -0.2) is 32.6 Å². The lowest BCUT2D eigenvalue weighted by molar-refractivity contribution is 0.584. The highest BCUT2D eigenvalue weighted by Gasteiger charge is 2.39. The Morgan fingerprint density at radius 3 is 2.17 bits per heavy atom. The van der Waals surface area contributed by atoms with Gasteiger partial charge in [-0.15, -0.1) is 0 Å². The van der Waals surface area contributed by atoms with E-state index >= 15 is 0 Å². The third-order valence-electron chi connectivity index (χ3n) is 4.04. The number of benzene rings is 2. The standard InChI is InChI=1S/C20H17BrN2O4S2/c1-15-6-5-9-18(12-15)29(26,27)20(14-23-19-11-10-16(21)13-22-19)28(24,25)17-7-3-2-4-8-17/h2-14,20H,1H3. The molecule has 3 aromatic rings. The molecule has 0 aliphatic rings. The molecule has 29 heavy (non-hydrogen) atoms. The van der Waals surface area contributed by atoms with Gasteiger partial charge in [0.25, 0.3) is 0 Å². The van der Waals surface area contributed by atoms with Crippen molar-refractivity contribution in [1.82, 2.24) is 4.98 Å². The number of aryl methyl sites for hydroxylation is 1. The Morgan fingerprint density at radius 1 is 0.897 bits per heavy atom. The van der Waals surface area contributed by atoms with Crippen molar-refractivity contribution in [3.8, 4) is 0 Å². The molecule has 2 aromatic carbocycles. The van der Waals surface area contributed by atoms with Gasteiger partial charge in [-0.25, -0.2) is 26.8 Å². The minimum atomic E-state index is -4.28. The highest BCUT2D eigenvalue weighted by Crippen LogP contribution is 2.26. The van der Waals surface area contributed by atoms with Crippen LogP contribution in [0.15, 0.2) is 92.2 Å². The number of rotatable bonds is 6. The molecule has 0 saturated carbocycles. The molecule has 0 saturated heterocycles. The summed E-state index contributed by atoms with van der Waals surface area (Å²) < 4.78 is 51.8. The van der Waals surface area contributed by atoms with Crippen LogP contribution in [0.3, 0.4) is 0 Å². The molecule has 1 unspecified atom stereocenters. The highest BCUT2D eigenvalue weighted by atomic mass is 79.9. The summed E-state index contributed by atoms with van der Waals surface area (Å²) in [7, 11) is -8.55. The Hall–Kier alpha value is -2.36. The minimum Gasteiger partial charge on any atom is -0.239 e. The van der Waals surface area contributed by atoms with Crippen molar-refractivity contribution in [3.63, 3.8) is 0 Å². The summed E-state index contributed by atoms with van der Waals surface area (Å²) in [5.41, 5.74) is 0.702. The fraction of sp³-hybridized carbons (Fsp3) is 0.100. The molecule has 0 bridgehead atoms. The van der Waals surface area contributed by atoms with Crippen molar-refractivity contribution in [2.45, 2.75) is 21.3 Å². The number of aliphatic imine (C=N–C) groups is 1. The molecule has 9 heteroatoms. The zero-order valence-corrected chi connectivity index (χ0v) is 18.5. The van der Waals surface area contributed by atoms with E-state index in [9.17, 15) is 16.8 Å². The van der Waals surface area contributed by atoms with Crippen molar-refractivity contribution in [2.24, 2.45) is 4.99 Å². The molecular weight excluding hydrogens is 476 g/mol. The summed E-state index contributed by atoms with van der Waals surface area (Å²) in [5.74, 6) is 0.195. The number of hydrogen-bond acceptors (Lipinski definition) is 6. The Balaban J connectivity index is 2.15. The largest absolute Gasteiger partial charge is 0.239 e. The van der Waals surface area contributed by atoms with Crippen LogP contribution < -0.4 is 0 Å². The maximum atomic E-state index is 13.3. The predicted octanol–water partition coefficient (Wildman–Crippen LogP) is 4.13. The number of sulfone groups is 2. The monoisotopic (exact) mass is 492 g/mol. The van der Waals surface area contributed by atoms with Crippen LogP contribution in [0.5, 0.6) is 0 Å². The van der Waals surface area contributed by atoms with Crippen LogP contribution in [0.4, 0.5) is 5.82 Å². The van der Waals surface area contributed by atoms with E-state index in [0.29, 0.717) is 5.56 Å². The number of hydrogen-bond donors (Lipinski definition) is 0. The second-order valence-corrected chi connectivity index (χ2v) is 11.6. The second kappa shape index (κ2) is 8.56. The number of pyridine rings is 1. The Bertz CT molecular complexity index is 1240. The van der Waals surface area contributed by atoms with Crippen LogP contribution in [0.2, 0.25) is 0 Å². The summed E-state index contributed by atoms with van der Waals surface area (Å²) >= 11 is 3.25. The lowest BCUT2D eigenvalue weighted by Gasteiger charge is -2.15. The lowest BCUT2D eigenvalue weighted by Crippen LogP contribution is -2.32. The fourth-order valence-electron chi connectivity index (χ4n) is 2.58. The van der Waals surface area contributed by atoms with E-state index in [1.165, 1.54) is 42.6 Å². The van der Waals surface area contributed by atoms with Crippen LogP contribution in [0, 0.1) is 6.92 Å². The maximum absolute atomic E-state index is 13.3. The smallest absolute Gasteiger partial charge is 0.206 e. The molecule has 0 aliphatic carbocycles. The van der Waals surface area contributed by atoms with Gasteiger partial charge in [-0.3, -0.25) is 0 Å². The highest BCUT2D eigenvalue weighted by molar-refractivity contribution is 9.10. The molecule has 0 aliphatic heterocycles. The molecule has 1 atom stereocenters. The number of nitrogens with zero attached hydrogens (tertiary/aromatic N) is 2. The van der Waals surface area contributed by atoms with Crippen molar-refractivity contribution in [2.75, 3.05) is 0 Å². The molecule has 1 aromatic heterocycles. The molecule has 3 rings (SSSR count). The Labute approximate surface area is 178 Å². The van der Waals surface area contributed by atoms with E-state index < -0.39 is 24.3 Å². The van der Waals surface area contributed by atoms with Crippen molar-refractivity contribution in [1.29, 1.82) is 0 Å². The molecule has 0 fully saturated rings. The van der Waals surface area contributed by atoms with Gasteiger partial charge in [0.15, 0.2) is 5.82 Å². The molecule has 0 radical (unpaired) electrons. The van der Waals surface area contributed by atoms with Gasteiger partial charge in [0, 0.05) is 16.9 Å². The average Bonchev–Trinajstić information content (AvgIpc) is 2.70. The van der Waals surface area contributed by atoms with Gasteiger partial charge in [-0.1, -0.05) is 30.3 Å². The van der Waals surface area contributed by atoms with Crippen LogP contribution in [0.25, 0.3) is 0 Å². The zero-order chi connectivity index (χ0) is 21.1. The first-order valence-electron chi connectivity index (χ1n) is 8.46. The summed E-state index contributed by atoms with van der Waals surface area (Å²) in [6.45, 7) is 1.74. The van der Waals surface area contributed by atoms with Gasteiger partial charge < -0.3 is 0 Å². The quantitative estimate of drug-likeness (QED) is 0.482. The van der Waals surface area contributed by atoms with E-state index in [1.54, 1.807) is 37.3 Å². The van der Waals surface area contributed by atoms with Crippen molar-refractivity contribution >= 4 is 47.6 Å². The summed E-state index contributed by atoms with van der Waals surface area (Å²) in [6.07, 6.45) is 2.42. The Kier molecular flexibility index (Phi) is 6.30. The third-order valence-corrected chi connectivity index (χ3v) is 9.34. The van der Waals surface area contributed by atoms with E-state index in [2.05, 4.69) is 25.9 Å². The van der Waals surface area contributed by atoms with Gasteiger partial charge in [0.05, 0.1) is 9.79 Å². The molecule has 150 valence electrons. The molecular formula is C20H17BrN2O4S2. The van der Waals surface area contributed by atoms with Crippen molar-refractivity contribution < 1.29 is 16.8 Å². The molecule has 0 N–H and O–H groups in total. The first kappa shape index (κ1) is 21.4. The van der Waals surface area contributed by atoms with E-state index in [-0.39, 0.29) is 15.6 Å². The average molecular weight is 493 g/mol. The van der Waals surface area contributed by atoms with Crippen molar-refractivity contribution in [3.05, 3.63) is 83.0 Å². The number of aromatic nitrogens is 1. The first-order chi connectivity index (χ1) is 13.7. The molecule has 1 heterocycles. The predicted molar refractivity (Wildman–Crippen MR) is 116 cm³/mol. The van der Waals surface area contributed by atoms with Crippen LogP contribution in [-0.2, 0) is 19.7 Å². The van der Waals surface area contributed by atoms with E-state index in [4.69, 9.17) is 0 Å². The molecule has 6 nitrogen and oxygen atoms in total. The summed E-state index contributed by atoms with van der Waals surface area (Å²) in [5, 5.41) is 0. The van der Waals surface area contributed by atoms with Crippen LogP contribution in [0.1, 0.15) is 5.56 Å². The normalized spacial score (nSPS) is 13.4. The first-order valence-corrected chi connectivity index (χ1v) is 12.3. The molecule has 0 spiro atoms. The van der Waals surface area contributed by atoms with E-state index in [0.717, 1.165) is 10.7 Å². The summed E-state index contributed by atoms with van der Waals surface area (Å²) in [6, 6.07) is 16.8. The second-order valence-electron chi connectivity index (χ2n) is 6.20. The Morgan fingerprint density at radius 2 is 1.55 bits per heavy atom. The van der Waals surface area contributed by atoms with Gasteiger partial charge in [-0.2, -0.15) is 0 Å². The topological polar surface area (TPSA) is 93.5 Å². The fourth-order valence-corrected chi connectivity index (χ4v) is 6.95. The van der Waals surface area contributed by atoms with Gasteiger partial charge in [0.2, 0.25) is 24.3 Å². The number of halogens is 1.